The third-order valence-corrected chi connectivity index (χ3v) is 11.3. The first-order valence-corrected chi connectivity index (χ1v) is 17.7. The largest absolute Gasteiger partial charge is 0.338 e. The first kappa shape index (κ1) is 32.0. The van der Waals surface area contributed by atoms with Crippen LogP contribution < -0.4 is 4.72 Å². The van der Waals surface area contributed by atoms with Crippen molar-refractivity contribution in [3.05, 3.63) is 64.7 Å². The molecule has 3 amide bonds. The fourth-order valence-corrected chi connectivity index (χ4v) is 8.07. The summed E-state index contributed by atoms with van der Waals surface area (Å²) in [5.74, 6) is -0.420. The number of likely N-dealkylation sites (tertiary alicyclic amines) is 1. The molecule has 2 aliphatic heterocycles. The summed E-state index contributed by atoms with van der Waals surface area (Å²) in [6, 6.07) is 13.5. The molecular weight excluding hydrogens is 602 g/mol. The highest BCUT2D eigenvalue weighted by Crippen LogP contribution is 2.46. The number of fused-ring (bicyclic) bond motifs is 5. The molecule has 6 rings (SSSR count). The van der Waals surface area contributed by atoms with E-state index < -0.39 is 16.1 Å². The summed E-state index contributed by atoms with van der Waals surface area (Å²) in [6.45, 7) is 5.51. The maximum atomic E-state index is 14.2. The highest BCUT2D eigenvalue weighted by Gasteiger charge is 2.35. The minimum Gasteiger partial charge on any atom is -0.338 e. The predicted molar refractivity (Wildman–Crippen MR) is 179 cm³/mol. The Morgan fingerprint density at radius 2 is 1.74 bits per heavy atom. The summed E-state index contributed by atoms with van der Waals surface area (Å²) >= 11 is 0. The van der Waals surface area contributed by atoms with Crippen LogP contribution >= 0.6 is 0 Å². The van der Waals surface area contributed by atoms with Crippen molar-refractivity contribution in [1.29, 1.82) is 0 Å². The lowest BCUT2D eigenvalue weighted by molar-refractivity contribution is -0.132. The summed E-state index contributed by atoms with van der Waals surface area (Å²) in [4.78, 5) is 43.4. The maximum absolute atomic E-state index is 14.2. The fraction of sp³-hybridized carbons (Fsp3) is 0.457. The predicted octanol–water partition coefficient (Wildman–Crippen LogP) is 4.76. The molecule has 1 aromatic heterocycles. The molecule has 46 heavy (non-hydrogen) atoms. The van der Waals surface area contributed by atoms with E-state index in [1.165, 1.54) is 26.1 Å². The minimum atomic E-state index is -3.98. The first-order chi connectivity index (χ1) is 22.0. The Morgan fingerprint density at radius 1 is 1.00 bits per heavy atom. The van der Waals surface area contributed by atoms with Crippen LogP contribution in [0.2, 0.25) is 0 Å². The Balaban J connectivity index is 1.47. The van der Waals surface area contributed by atoms with Crippen LogP contribution in [0, 0.1) is 0 Å². The molecular formula is C35H43N5O5S. The maximum Gasteiger partial charge on any atom is 0.303 e. The second kappa shape index (κ2) is 12.7. The van der Waals surface area contributed by atoms with Crippen LogP contribution in [0.25, 0.3) is 28.2 Å². The van der Waals surface area contributed by atoms with Crippen LogP contribution in [-0.2, 0) is 26.3 Å². The number of hydrogen-bond acceptors (Lipinski definition) is 5. The van der Waals surface area contributed by atoms with Crippen LogP contribution in [0.5, 0.6) is 0 Å². The topological polar surface area (TPSA) is 112 Å². The zero-order valence-corrected chi connectivity index (χ0v) is 27.9. The molecule has 3 aromatic rings. The van der Waals surface area contributed by atoms with Gasteiger partial charge in [-0.1, -0.05) is 49.6 Å². The smallest absolute Gasteiger partial charge is 0.303 e. The third kappa shape index (κ3) is 5.86. The van der Waals surface area contributed by atoms with E-state index in [1.807, 2.05) is 47.1 Å². The van der Waals surface area contributed by atoms with Gasteiger partial charge in [0.15, 0.2) is 0 Å². The number of benzene rings is 2. The van der Waals surface area contributed by atoms with Gasteiger partial charge in [-0.05, 0) is 61.4 Å². The number of amides is 3. The highest BCUT2D eigenvalue weighted by atomic mass is 32.2. The van der Waals surface area contributed by atoms with Crippen molar-refractivity contribution in [2.45, 2.75) is 70.9 Å². The molecule has 1 saturated carbocycles. The first-order valence-electron chi connectivity index (χ1n) is 16.3. The zero-order chi connectivity index (χ0) is 32.7. The average molecular weight is 646 g/mol. The van der Waals surface area contributed by atoms with E-state index in [0.717, 1.165) is 64.1 Å². The van der Waals surface area contributed by atoms with E-state index in [-0.39, 0.29) is 23.4 Å². The fourth-order valence-electron chi connectivity index (χ4n) is 7.54. The van der Waals surface area contributed by atoms with Gasteiger partial charge in [-0.25, -0.2) is 4.72 Å². The van der Waals surface area contributed by atoms with Crippen LogP contribution in [0.15, 0.2) is 48.0 Å². The number of carbonyl (C=O) groups excluding carboxylic acids is 3. The van der Waals surface area contributed by atoms with Gasteiger partial charge in [0.1, 0.15) is 0 Å². The standard InChI is InChI=1S/C35H43N5O5S/c1-5-39(23(2)41)28-17-18-38(22-28)35(43)27-19-25-13-9-10-14-29(25)33-32(24-11-7-6-8-12-24)30-16-15-26(20-31(30)40(33)21-27)34(42)36-46(44,45)37(3)4/h9-10,13-16,19-20,24,28H,5-8,11-12,17-18,21-22H2,1-4H3,(H,36,42). The van der Waals surface area contributed by atoms with E-state index in [9.17, 15) is 22.8 Å². The normalized spacial score (nSPS) is 18.6. The number of nitrogens with zero attached hydrogens (tertiary/aromatic N) is 4. The second-order valence-electron chi connectivity index (χ2n) is 12.9. The van der Waals surface area contributed by atoms with Crippen molar-refractivity contribution in [2.75, 3.05) is 33.7 Å². The van der Waals surface area contributed by atoms with Crippen molar-refractivity contribution < 1.29 is 22.8 Å². The second-order valence-corrected chi connectivity index (χ2v) is 14.8. The third-order valence-electron chi connectivity index (χ3n) is 9.87. The van der Waals surface area contributed by atoms with Crippen molar-refractivity contribution in [3.8, 4) is 11.3 Å². The lowest BCUT2D eigenvalue weighted by Crippen LogP contribution is -2.41. The molecule has 0 bridgehead atoms. The van der Waals surface area contributed by atoms with E-state index in [1.54, 1.807) is 19.1 Å². The molecule has 1 N–H and O–H groups in total. The zero-order valence-electron chi connectivity index (χ0n) is 27.1. The van der Waals surface area contributed by atoms with E-state index in [2.05, 4.69) is 15.4 Å². The van der Waals surface area contributed by atoms with Gasteiger partial charge in [-0.2, -0.15) is 12.7 Å². The summed E-state index contributed by atoms with van der Waals surface area (Å²) in [5.41, 5.74) is 5.96. The van der Waals surface area contributed by atoms with Gasteiger partial charge in [-0.15, -0.1) is 0 Å². The summed E-state index contributed by atoms with van der Waals surface area (Å²) in [6.07, 6.45) is 8.37. The molecule has 11 heteroatoms. The van der Waals surface area contributed by atoms with Crippen LogP contribution in [0.3, 0.4) is 0 Å². The van der Waals surface area contributed by atoms with Gasteiger partial charge < -0.3 is 14.4 Å². The van der Waals surface area contributed by atoms with Gasteiger partial charge in [0.25, 0.3) is 11.8 Å². The molecule has 0 radical (unpaired) electrons. The molecule has 1 saturated heterocycles. The van der Waals surface area contributed by atoms with Gasteiger partial charge in [0, 0.05) is 68.3 Å². The molecule has 2 fully saturated rings. The van der Waals surface area contributed by atoms with Crippen molar-refractivity contribution in [3.63, 3.8) is 0 Å². The Bertz CT molecular complexity index is 1840. The number of hydrogen-bond donors (Lipinski definition) is 1. The van der Waals surface area contributed by atoms with Crippen LogP contribution in [0.1, 0.15) is 79.8 Å². The lowest BCUT2D eigenvalue weighted by atomic mass is 9.81. The SMILES string of the molecule is CCN(C(C)=O)C1CCN(C(=O)C2=Cc3ccccc3-c3c(C4CCCCC4)c4ccc(C(=O)NS(=O)(=O)N(C)C)cc4n3C2)C1. The Morgan fingerprint density at radius 3 is 2.43 bits per heavy atom. The van der Waals surface area contributed by atoms with Crippen molar-refractivity contribution >= 4 is 44.9 Å². The molecule has 3 heterocycles. The van der Waals surface area contributed by atoms with Crippen LogP contribution in [0.4, 0.5) is 0 Å². The molecule has 1 unspecified atom stereocenters. The van der Waals surface area contributed by atoms with E-state index >= 15 is 0 Å². The summed E-state index contributed by atoms with van der Waals surface area (Å²) in [7, 11) is -1.24. The van der Waals surface area contributed by atoms with Gasteiger partial charge in [0.05, 0.1) is 18.3 Å². The Labute approximate surface area is 271 Å². The number of nitrogens with one attached hydrogen (secondary N) is 1. The monoisotopic (exact) mass is 645 g/mol. The molecule has 244 valence electrons. The highest BCUT2D eigenvalue weighted by molar-refractivity contribution is 7.87. The quantitative estimate of drug-likeness (QED) is 0.399. The van der Waals surface area contributed by atoms with E-state index in [4.69, 9.17) is 0 Å². The molecule has 1 atom stereocenters. The minimum absolute atomic E-state index is 0.00879. The molecule has 0 spiro atoms. The molecule has 1 aliphatic carbocycles. The molecule has 10 nitrogen and oxygen atoms in total. The Kier molecular flexibility index (Phi) is 8.82. The van der Waals surface area contributed by atoms with Gasteiger partial charge >= 0.3 is 10.2 Å². The summed E-state index contributed by atoms with van der Waals surface area (Å²) in [5, 5.41) is 1.03. The van der Waals surface area contributed by atoms with E-state index in [0.29, 0.717) is 37.7 Å². The summed E-state index contributed by atoms with van der Waals surface area (Å²) < 4.78 is 30.3. The van der Waals surface area contributed by atoms with Crippen molar-refractivity contribution in [1.82, 2.24) is 23.4 Å². The van der Waals surface area contributed by atoms with Gasteiger partial charge in [-0.3, -0.25) is 14.4 Å². The molecule has 2 aromatic carbocycles. The number of rotatable bonds is 7. The van der Waals surface area contributed by atoms with Crippen molar-refractivity contribution in [2.24, 2.45) is 0 Å². The average Bonchev–Trinajstić information content (AvgIpc) is 3.59. The lowest BCUT2D eigenvalue weighted by Gasteiger charge is -2.27. The number of carbonyl (C=O) groups is 3. The Hall–Kier alpha value is -3.96. The number of aromatic nitrogens is 1. The molecule has 3 aliphatic rings. The van der Waals surface area contributed by atoms with Gasteiger partial charge in [0.2, 0.25) is 5.91 Å². The number of likely N-dealkylation sites (N-methyl/N-ethyl adjacent to an activating group) is 1. The van der Waals surface area contributed by atoms with Crippen LogP contribution in [-0.4, -0.2) is 84.6 Å².